The third-order valence-corrected chi connectivity index (χ3v) is 4.39. The summed E-state index contributed by atoms with van der Waals surface area (Å²) >= 11 is 0. The van der Waals surface area contributed by atoms with Gasteiger partial charge < -0.3 is 31.9 Å². The van der Waals surface area contributed by atoms with E-state index in [0.717, 1.165) is 0 Å². The van der Waals surface area contributed by atoms with Crippen LogP contribution in [-0.4, -0.2) is 64.7 Å². The average molecular weight is 402 g/mol. The van der Waals surface area contributed by atoms with Gasteiger partial charge in [-0.25, -0.2) is 4.79 Å². The number of amides is 3. The quantitative estimate of drug-likeness (QED) is 0.242. The van der Waals surface area contributed by atoms with Gasteiger partial charge in [0, 0.05) is 0 Å². The number of hydrogen-bond donors (Lipinski definition) is 6. The minimum atomic E-state index is -1.36. The molecule has 0 saturated heterocycles. The molecule has 0 aliphatic carbocycles. The summed E-state index contributed by atoms with van der Waals surface area (Å²) in [6.07, 6.45) is -0.368. The van der Waals surface area contributed by atoms with Gasteiger partial charge >= 0.3 is 5.97 Å². The van der Waals surface area contributed by atoms with E-state index in [1.54, 1.807) is 0 Å². The van der Waals surface area contributed by atoms with E-state index in [2.05, 4.69) is 16.0 Å². The molecule has 0 aliphatic rings. The Hall–Kier alpha value is -2.20. The zero-order valence-corrected chi connectivity index (χ0v) is 17.2. The van der Waals surface area contributed by atoms with Gasteiger partial charge in [0.05, 0.1) is 18.7 Å². The van der Waals surface area contributed by atoms with Crippen LogP contribution in [0.2, 0.25) is 0 Å². The molecule has 3 amide bonds. The van der Waals surface area contributed by atoms with E-state index < -0.39 is 54.5 Å². The van der Waals surface area contributed by atoms with Crippen molar-refractivity contribution in [3.63, 3.8) is 0 Å². The number of carboxylic acids is 1. The maximum atomic E-state index is 12.3. The van der Waals surface area contributed by atoms with Crippen molar-refractivity contribution in [2.75, 3.05) is 6.54 Å². The summed E-state index contributed by atoms with van der Waals surface area (Å²) in [7, 11) is 0. The summed E-state index contributed by atoms with van der Waals surface area (Å²) in [5.41, 5.74) is 5.77. The van der Waals surface area contributed by atoms with Crippen LogP contribution in [0.3, 0.4) is 0 Å². The lowest BCUT2D eigenvalue weighted by Gasteiger charge is -2.24. The Morgan fingerprint density at radius 1 is 1.00 bits per heavy atom. The lowest BCUT2D eigenvalue weighted by molar-refractivity contribution is -0.143. The van der Waals surface area contributed by atoms with Crippen LogP contribution in [0.5, 0.6) is 0 Å². The second-order valence-corrected chi connectivity index (χ2v) is 7.44. The maximum Gasteiger partial charge on any atom is 0.326 e. The number of aliphatic hydroxyl groups is 1. The van der Waals surface area contributed by atoms with Gasteiger partial charge in [0.15, 0.2) is 0 Å². The minimum absolute atomic E-state index is 0.0194. The average Bonchev–Trinajstić information content (AvgIpc) is 2.61. The standard InChI is InChI=1S/C18H34N4O6/c1-6-10(4)14(19)16(25)20-8-13(24)22-15(11(5)23)17(26)21-12(18(27)28)7-9(2)3/h9-12,14-15,23H,6-8,19H2,1-5H3,(H,20,25)(H,21,26)(H,22,24)(H,27,28). The largest absolute Gasteiger partial charge is 0.480 e. The molecule has 10 heteroatoms. The summed E-state index contributed by atoms with van der Waals surface area (Å²) in [6.45, 7) is 8.19. The van der Waals surface area contributed by atoms with E-state index in [1.165, 1.54) is 6.92 Å². The van der Waals surface area contributed by atoms with E-state index in [1.807, 2.05) is 27.7 Å². The molecule has 0 aromatic heterocycles. The topological polar surface area (TPSA) is 171 Å². The van der Waals surface area contributed by atoms with Gasteiger partial charge in [0.25, 0.3) is 0 Å². The molecule has 0 fully saturated rings. The molecule has 0 aromatic carbocycles. The van der Waals surface area contributed by atoms with Gasteiger partial charge in [-0.3, -0.25) is 14.4 Å². The fraction of sp³-hybridized carbons (Fsp3) is 0.778. The Balaban J connectivity index is 4.83. The van der Waals surface area contributed by atoms with Crippen molar-refractivity contribution in [1.29, 1.82) is 0 Å². The molecule has 0 aromatic rings. The highest BCUT2D eigenvalue weighted by atomic mass is 16.4. The first-order chi connectivity index (χ1) is 12.9. The van der Waals surface area contributed by atoms with E-state index >= 15 is 0 Å². The first-order valence-electron chi connectivity index (χ1n) is 9.44. The fourth-order valence-corrected chi connectivity index (χ4v) is 2.38. The predicted octanol–water partition coefficient (Wildman–Crippen LogP) is -1.04. The highest BCUT2D eigenvalue weighted by Gasteiger charge is 2.30. The summed E-state index contributed by atoms with van der Waals surface area (Å²) in [5, 5.41) is 26.0. The maximum absolute atomic E-state index is 12.3. The number of aliphatic hydroxyl groups excluding tert-OH is 1. The molecule has 0 spiro atoms. The molecule has 0 heterocycles. The number of hydrogen-bond acceptors (Lipinski definition) is 6. The molecule has 0 rings (SSSR count). The third kappa shape index (κ3) is 9.14. The first-order valence-corrected chi connectivity index (χ1v) is 9.44. The normalized spacial score (nSPS) is 16.4. The molecular weight excluding hydrogens is 368 g/mol. The number of aliphatic carboxylic acids is 1. The van der Waals surface area contributed by atoms with E-state index in [4.69, 9.17) is 5.73 Å². The highest BCUT2D eigenvalue weighted by molar-refractivity contribution is 5.92. The predicted molar refractivity (Wildman–Crippen MR) is 103 cm³/mol. The number of carbonyl (C=O) groups is 4. The van der Waals surface area contributed by atoms with Crippen LogP contribution < -0.4 is 21.7 Å². The van der Waals surface area contributed by atoms with Gasteiger partial charge in [-0.05, 0) is 25.2 Å². The van der Waals surface area contributed by atoms with Crippen LogP contribution in [-0.2, 0) is 19.2 Å². The molecule has 7 N–H and O–H groups in total. The van der Waals surface area contributed by atoms with Crippen molar-refractivity contribution >= 4 is 23.7 Å². The van der Waals surface area contributed by atoms with E-state index in [-0.39, 0.29) is 18.3 Å². The minimum Gasteiger partial charge on any atom is -0.480 e. The van der Waals surface area contributed by atoms with Gasteiger partial charge in [-0.15, -0.1) is 0 Å². The molecule has 5 atom stereocenters. The van der Waals surface area contributed by atoms with Crippen molar-refractivity contribution in [3.05, 3.63) is 0 Å². The molecule has 0 saturated carbocycles. The van der Waals surface area contributed by atoms with Crippen molar-refractivity contribution in [2.45, 2.75) is 71.7 Å². The van der Waals surface area contributed by atoms with Crippen LogP contribution in [0, 0.1) is 11.8 Å². The van der Waals surface area contributed by atoms with Gasteiger partial charge in [-0.1, -0.05) is 34.1 Å². The van der Waals surface area contributed by atoms with Crippen molar-refractivity contribution < 1.29 is 29.4 Å². The Bertz CT molecular complexity index is 552. The fourth-order valence-electron chi connectivity index (χ4n) is 2.38. The van der Waals surface area contributed by atoms with Crippen molar-refractivity contribution in [1.82, 2.24) is 16.0 Å². The molecular formula is C18H34N4O6. The van der Waals surface area contributed by atoms with Gasteiger partial charge in [-0.2, -0.15) is 0 Å². The molecule has 0 aliphatic heterocycles. The van der Waals surface area contributed by atoms with Crippen molar-refractivity contribution in [3.8, 4) is 0 Å². The number of carboxylic acid groups (broad SMARTS) is 1. The molecule has 162 valence electrons. The highest BCUT2D eigenvalue weighted by Crippen LogP contribution is 2.06. The second-order valence-electron chi connectivity index (χ2n) is 7.44. The number of carbonyl (C=O) groups excluding carboxylic acids is 3. The van der Waals surface area contributed by atoms with Gasteiger partial charge in [0.1, 0.15) is 12.1 Å². The monoisotopic (exact) mass is 402 g/mol. The Kier molecular flexibility index (Phi) is 11.3. The van der Waals surface area contributed by atoms with Crippen LogP contribution in [0.4, 0.5) is 0 Å². The molecule has 5 unspecified atom stereocenters. The lowest BCUT2D eigenvalue weighted by Crippen LogP contribution is -2.57. The van der Waals surface area contributed by atoms with E-state index in [9.17, 15) is 29.4 Å². The molecule has 10 nitrogen and oxygen atoms in total. The molecule has 28 heavy (non-hydrogen) atoms. The summed E-state index contributed by atoms with van der Waals surface area (Å²) < 4.78 is 0. The molecule has 0 bridgehead atoms. The lowest BCUT2D eigenvalue weighted by atomic mass is 9.99. The van der Waals surface area contributed by atoms with Gasteiger partial charge in [0.2, 0.25) is 17.7 Å². The zero-order chi connectivity index (χ0) is 22.0. The number of nitrogens with two attached hydrogens (primary N) is 1. The molecule has 0 radical (unpaired) electrons. The van der Waals surface area contributed by atoms with Crippen molar-refractivity contribution in [2.24, 2.45) is 17.6 Å². The SMILES string of the molecule is CCC(C)C(N)C(=O)NCC(=O)NC(C(=O)NC(CC(C)C)C(=O)O)C(C)O. The van der Waals surface area contributed by atoms with Crippen LogP contribution >= 0.6 is 0 Å². The Labute approximate surface area is 165 Å². The smallest absolute Gasteiger partial charge is 0.326 e. The van der Waals surface area contributed by atoms with Crippen LogP contribution in [0.15, 0.2) is 0 Å². The second kappa shape index (κ2) is 12.3. The summed E-state index contributed by atoms with van der Waals surface area (Å²) in [4.78, 5) is 47.6. The number of rotatable bonds is 12. The third-order valence-electron chi connectivity index (χ3n) is 4.39. The van der Waals surface area contributed by atoms with Crippen LogP contribution in [0.25, 0.3) is 0 Å². The van der Waals surface area contributed by atoms with E-state index in [0.29, 0.717) is 6.42 Å². The first kappa shape index (κ1) is 25.8. The summed E-state index contributed by atoms with van der Waals surface area (Å²) in [6, 6.07) is -3.26. The number of nitrogens with one attached hydrogen (secondary N) is 3. The summed E-state index contributed by atoms with van der Waals surface area (Å²) in [5.74, 6) is -3.27. The Morgan fingerprint density at radius 2 is 1.57 bits per heavy atom. The zero-order valence-electron chi connectivity index (χ0n) is 17.2. The Morgan fingerprint density at radius 3 is 2.00 bits per heavy atom. The van der Waals surface area contributed by atoms with Crippen LogP contribution in [0.1, 0.15) is 47.5 Å².